The number of ether oxygens (including phenoxy) is 1. The van der Waals surface area contributed by atoms with Crippen molar-refractivity contribution in [3.63, 3.8) is 0 Å². The third-order valence-electron chi connectivity index (χ3n) is 5.01. The molecule has 1 aliphatic rings. The summed E-state index contributed by atoms with van der Waals surface area (Å²) < 4.78 is 37.6. The van der Waals surface area contributed by atoms with Gasteiger partial charge in [0.05, 0.1) is 0 Å². The summed E-state index contributed by atoms with van der Waals surface area (Å²) in [6.07, 6.45) is -3.37. The molecule has 5 nitrogen and oxygen atoms in total. The van der Waals surface area contributed by atoms with Crippen LogP contribution >= 0.6 is 0 Å². The van der Waals surface area contributed by atoms with Crippen molar-refractivity contribution in [3.8, 4) is 0 Å². The number of β-lactam (4-membered cyclic amide) rings is 1. The fourth-order valence-electron chi connectivity index (χ4n) is 4.05. The maximum Gasteiger partial charge on any atom is 0.417 e. The molecule has 0 saturated carbocycles. The van der Waals surface area contributed by atoms with Crippen molar-refractivity contribution in [1.29, 1.82) is 0 Å². The Balaban J connectivity index is 3.22. The molecule has 1 saturated heterocycles. The van der Waals surface area contributed by atoms with Gasteiger partial charge in [-0.1, -0.05) is 41.5 Å². The third kappa shape index (κ3) is 4.96. The fourth-order valence-corrected chi connectivity index (χ4v) is 9.54. The lowest BCUT2D eigenvalue weighted by Crippen LogP contribution is -2.70. The Bertz CT molecular complexity index is 573. The van der Waals surface area contributed by atoms with Gasteiger partial charge >= 0.3 is 6.09 Å². The third-order valence-corrected chi connectivity index (χ3v) is 11.1. The molecule has 2 atom stereocenters. The van der Waals surface area contributed by atoms with Gasteiger partial charge in [-0.05, 0) is 37.4 Å². The number of rotatable bonds is 6. The molecule has 1 aliphatic heterocycles. The van der Waals surface area contributed by atoms with Crippen LogP contribution in [0.5, 0.6) is 0 Å². The monoisotopic (exact) mass is 405 g/mol. The zero-order valence-electron chi connectivity index (χ0n) is 17.8. The lowest BCUT2D eigenvalue weighted by molar-refractivity contribution is -0.158. The van der Waals surface area contributed by atoms with Gasteiger partial charge in [0.15, 0.2) is 6.10 Å². The van der Waals surface area contributed by atoms with Crippen LogP contribution in [0, 0.1) is 0 Å². The number of hydrogen-bond acceptors (Lipinski definition) is 4. The largest absolute Gasteiger partial charge is 0.443 e. The van der Waals surface area contributed by atoms with E-state index in [0.717, 1.165) is 4.90 Å². The maximum atomic E-state index is 13.0. The van der Waals surface area contributed by atoms with Crippen LogP contribution in [0.1, 0.15) is 62.3 Å². The molecule has 1 fully saturated rings. The highest BCUT2D eigenvalue weighted by molar-refractivity contribution is 6.77. The van der Waals surface area contributed by atoms with Gasteiger partial charge in [0.1, 0.15) is 11.6 Å². The van der Waals surface area contributed by atoms with Crippen LogP contribution in [0.4, 0.5) is 13.6 Å². The molecule has 0 aromatic heterocycles. The number of likely N-dealkylation sites (tertiary alicyclic amines) is 1. The SMILES string of the molecule is CC(C)[Si](O[C@H]1C(=O)N(C(=O)OC(C)(C)C)[C@H]1C=C(F)F)(C(C)C)C(C)C. The molecule has 2 amide bonds. The summed E-state index contributed by atoms with van der Waals surface area (Å²) in [5.74, 6) is -0.620. The van der Waals surface area contributed by atoms with Gasteiger partial charge in [0.2, 0.25) is 8.32 Å². The van der Waals surface area contributed by atoms with E-state index >= 15 is 0 Å². The first-order valence-corrected chi connectivity index (χ1v) is 11.6. The molecule has 1 heterocycles. The second-order valence-electron chi connectivity index (χ2n) is 8.99. The first-order valence-electron chi connectivity index (χ1n) is 9.41. The van der Waals surface area contributed by atoms with Crippen LogP contribution in [-0.4, -0.2) is 43.0 Å². The van der Waals surface area contributed by atoms with E-state index in [1.165, 1.54) is 0 Å². The number of hydrogen-bond donors (Lipinski definition) is 0. The standard InChI is InChI=1S/C19H33F2NO4Si/c1-11(2)27(12(3)4,13(5)6)26-16-14(10-15(20)21)22(17(16)23)18(24)25-19(7,8)9/h10-14,16H,1-9H3/t14-,16+/m0/s1. The Hall–Kier alpha value is -1.28. The summed E-state index contributed by atoms with van der Waals surface area (Å²) >= 11 is 0. The quantitative estimate of drug-likeness (QED) is 0.434. The summed E-state index contributed by atoms with van der Waals surface area (Å²) in [6, 6.07) is -1.15. The number of carbonyl (C=O) groups is 2. The van der Waals surface area contributed by atoms with Crippen molar-refractivity contribution in [2.75, 3.05) is 0 Å². The first-order chi connectivity index (χ1) is 12.1. The summed E-state index contributed by atoms with van der Waals surface area (Å²) in [5.41, 5.74) is -0.291. The van der Waals surface area contributed by atoms with Gasteiger partial charge in [-0.2, -0.15) is 8.78 Å². The van der Waals surface area contributed by atoms with Crippen molar-refractivity contribution in [1.82, 2.24) is 4.90 Å². The van der Waals surface area contributed by atoms with Gasteiger partial charge in [-0.3, -0.25) is 4.79 Å². The van der Waals surface area contributed by atoms with Crippen LogP contribution < -0.4 is 0 Å². The van der Waals surface area contributed by atoms with E-state index in [9.17, 15) is 18.4 Å². The lowest BCUT2D eigenvalue weighted by Gasteiger charge is -2.51. The molecule has 0 N–H and O–H groups in total. The number of carbonyl (C=O) groups excluding carboxylic acids is 2. The number of imide groups is 1. The van der Waals surface area contributed by atoms with Crippen LogP contribution in [0.25, 0.3) is 0 Å². The Kier molecular flexibility index (Phi) is 7.38. The second-order valence-corrected chi connectivity index (χ2v) is 14.4. The molecule has 0 spiro atoms. The van der Waals surface area contributed by atoms with Crippen molar-refractivity contribution in [3.05, 3.63) is 12.2 Å². The highest BCUT2D eigenvalue weighted by Crippen LogP contribution is 2.45. The van der Waals surface area contributed by atoms with Crippen molar-refractivity contribution in [2.24, 2.45) is 0 Å². The van der Waals surface area contributed by atoms with E-state index in [1.807, 2.05) is 41.5 Å². The van der Waals surface area contributed by atoms with Crippen LogP contribution in [0.15, 0.2) is 12.2 Å². The summed E-state index contributed by atoms with van der Waals surface area (Å²) in [6.45, 7) is 17.2. The molecular formula is C19H33F2NO4Si. The van der Waals surface area contributed by atoms with Crippen LogP contribution in [0.2, 0.25) is 16.6 Å². The first kappa shape index (κ1) is 23.8. The van der Waals surface area contributed by atoms with E-state index in [-0.39, 0.29) is 16.6 Å². The molecule has 156 valence electrons. The Morgan fingerprint density at radius 1 is 1.07 bits per heavy atom. The summed E-state index contributed by atoms with van der Waals surface area (Å²) in [4.78, 5) is 25.7. The Morgan fingerprint density at radius 3 is 1.85 bits per heavy atom. The van der Waals surface area contributed by atoms with E-state index in [4.69, 9.17) is 9.16 Å². The Morgan fingerprint density at radius 2 is 1.52 bits per heavy atom. The number of nitrogens with zero attached hydrogens (tertiary/aromatic N) is 1. The Labute approximate surface area is 162 Å². The minimum Gasteiger partial charge on any atom is -0.443 e. The predicted molar refractivity (Wildman–Crippen MR) is 103 cm³/mol. The van der Waals surface area contributed by atoms with Gasteiger partial charge < -0.3 is 9.16 Å². The van der Waals surface area contributed by atoms with Crippen molar-refractivity contribution >= 4 is 20.3 Å². The topological polar surface area (TPSA) is 55.8 Å². The molecule has 27 heavy (non-hydrogen) atoms. The number of halogens is 2. The molecule has 0 aliphatic carbocycles. The maximum absolute atomic E-state index is 13.0. The smallest absolute Gasteiger partial charge is 0.417 e. The summed E-state index contributed by atoms with van der Waals surface area (Å²) in [5, 5.41) is 0. The van der Waals surface area contributed by atoms with E-state index in [1.54, 1.807) is 20.8 Å². The van der Waals surface area contributed by atoms with Crippen molar-refractivity contribution < 1.29 is 27.5 Å². The van der Waals surface area contributed by atoms with Gasteiger partial charge in [-0.15, -0.1) is 0 Å². The van der Waals surface area contributed by atoms with E-state index in [0.29, 0.717) is 6.08 Å². The molecular weight excluding hydrogens is 372 g/mol. The number of amides is 2. The minimum absolute atomic E-state index is 0.181. The van der Waals surface area contributed by atoms with Crippen LogP contribution in [-0.2, 0) is 14.0 Å². The summed E-state index contributed by atoms with van der Waals surface area (Å²) in [7, 11) is -2.48. The second kappa shape index (κ2) is 8.39. The highest BCUT2D eigenvalue weighted by atomic mass is 28.4. The highest BCUT2D eigenvalue weighted by Gasteiger charge is 2.57. The minimum atomic E-state index is -2.48. The molecule has 0 aromatic carbocycles. The lowest BCUT2D eigenvalue weighted by atomic mass is 9.99. The zero-order chi connectivity index (χ0) is 21.3. The van der Waals surface area contributed by atoms with Gasteiger partial charge in [0.25, 0.3) is 12.0 Å². The zero-order valence-corrected chi connectivity index (χ0v) is 18.8. The molecule has 0 radical (unpaired) electrons. The predicted octanol–water partition coefficient (Wildman–Crippen LogP) is 5.47. The molecule has 0 unspecified atom stereocenters. The van der Waals surface area contributed by atoms with Crippen molar-refractivity contribution in [2.45, 2.75) is 96.7 Å². The van der Waals surface area contributed by atoms with Gasteiger partial charge in [0, 0.05) is 6.08 Å². The van der Waals surface area contributed by atoms with Crippen LogP contribution in [0.3, 0.4) is 0 Å². The van der Waals surface area contributed by atoms with Gasteiger partial charge in [-0.25, -0.2) is 9.69 Å². The fraction of sp³-hybridized carbons (Fsp3) is 0.789. The molecule has 0 bridgehead atoms. The molecule has 8 heteroatoms. The molecule has 1 rings (SSSR count). The van der Waals surface area contributed by atoms with E-state index in [2.05, 4.69) is 0 Å². The molecule has 0 aromatic rings. The van der Waals surface area contributed by atoms with E-state index < -0.39 is 44.1 Å². The average molecular weight is 406 g/mol. The average Bonchev–Trinajstić information content (AvgIpc) is 2.43. The normalized spacial score (nSPS) is 21.0.